The number of hydrogen-bond acceptors (Lipinski definition) is 2. The fourth-order valence-corrected chi connectivity index (χ4v) is 0.682. The predicted octanol–water partition coefficient (Wildman–Crippen LogP) is 1.01. The molecule has 0 amide bonds. The van der Waals surface area contributed by atoms with E-state index < -0.39 is 0 Å². The van der Waals surface area contributed by atoms with Crippen LogP contribution in [-0.2, 0) is 0 Å². The summed E-state index contributed by atoms with van der Waals surface area (Å²) >= 11 is 0. The highest BCUT2D eigenvalue weighted by molar-refractivity contribution is 4.91. The van der Waals surface area contributed by atoms with E-state index in [0.29, 0.717) is 0 Å². The molecule has 0 saturated heterocycles. The minimum atomic E-state index is 0.0236. The zero-order valence-corrected chi connectivity index (χ0v) is 6.56. The first-order valence-electron chi connectivity index (χ1n) is 3.41. The first-order chi connectivity index (χ1) is 4.66. The summed E-state index contributed by atoms with van der Waals surface area (Å²) in [7, 11) is 0. The highest BCUT2D eigenvalue weighted by Gasteiger charge is 1.97. The molecule has 10 heavy (non-hydrogen) atoms. The van der Waals surface area contributed by atoms with Crippen molar-refractivity contribution in [3.63, 3.8) is 0 Å². The Morgan fingerprint density at radius 3 is 2.80 bits per heavy atom. The minimum Gasteiger partial charge on any atom is -0.316 e. The molecule has 0 aliphatic heterocycles. The molecule has 0 aromatic heterocycles. The summed E-state index contributed by atoms with van der Waals surface area (Å²) in [5, 5.41) is 3.06. The molecule has 0 aromatic carbocycles. The summed E-state index contributed by atoms with van der Waals surface area (Å²) in [6.07, 6.45) is 2.64. The second kappa shape index (κ2) is 5.21. The fourth-order valence-electron chi connectivity index (χ4n) is 0.682. The van der Waals surface area contributed by atoms with Crippen molar-refractivity contribution in [1.29, 1.82) is 0 Å². The molecule has 1 unspecified atom stereocenters. The van der Waals surface area contributed by atoms with Gasteiger partial charge in [0.15, 0.2) is 0 Å². The van der Waals surface area contributed by atoms with E-state index >= 15 is 0 Å². The molecule has 3 N–H and O–H groups in total. The van der Waals surface area contributed by atoms with E-state index in [4.69, 9.17) is 5.73 Å². The van der Waals surface area contributed by atoms with E-state index in [1.807, 2.05) is 6.92 Å². The smallest absolute Gasteiger partial charge is 0.0586 e. The van der Waals surface area contributed by atoms with Gasteiger partial charge in [0.05, 0.1) is 6.17 Å². The normalized spacial score (nSPS) is 12.6. The van der Waals surface area contributed by atoms with Gasteiger partial charge in [-0.05, 0) is 13.3 Å². The van der Waals surface area contributed by atoms with Crippen molar-refractivity contribution >= 4 is 0 Å². The molecule has 0 rings (SSSR count). The molecule has 2 nitrogen and oxygen atoms in total. The van der Waals surface area contributed by atoms with Crippen molar-refractivity contribution in [1.82, 2.24) is 5.32 Å². The molecule has 0 spiro atoms. The van der Waals surface area contributed by atoms with Crippen molar-refractivity contribution in [2.75, 3.05) is 6.54 Å². The zero-order chi connectivity index (χ0) is 7.98. The summed E-state index contributed by atoms with van der Waals surface area (Å²) in [5.74, 6) is 0. The van der Waals surface area contributed by atoms with Crippen molar-refractivity contribution in [2.24, 2.45) is 5.73 Å². The van der Waals surface area contributed by atoms with Gasteiger partial charge in [0.25, 0.3) is 0 Å². The van der Waals surface area contributed by atoms with E-state index in [9.17, 15) is 0 Å². The van der Waals surface area contributed by atoms with Crippen LogP contribution in [0.3, 0.4) is 0 Å². The summed E-state index contributed by atoms with van der Waals surface area (Å²) in [6.45, 7) is 10.1. The van der Waals surface area contributed by atoms with Crippen LogP contribution in [0.4, 0.5) is 0 Å². The first-order valence-corrected chi connectivity index (χ1v) is 3.41. The number of hydrogen-bond donors (Lipinski definition) is 2. The average molecular weight is 140 g/mol. The second-order valence-electron chi connectivity index (χ2n) is 2.46. The molecule has 0 bridgehead atoms. The Morgan fingerprint density at radius 2 is 2.40 bits per heavy atom. The minimum absolute atomic E-state index is 0.0236. The molecule has 2 heteroatoms. The molecular weight excluding hydrogens is 124 g/mol. The number of nitrogens with one attached hydrogen (secondary N) is 1. The SMILES string of the molecule is C=CCNC(N)CC(=C)C. The standard InChI is InChI=1S/C8H16N2/c1-4-5-10-8(9)6-7(2)3/h4,8,10H,1-2,5-6,9H2,3H3. The van der Waals surface area contributed by atoms with Crippen molar-refractivity contribution < 1.29 is 0 Å². The van der Waals surface area contributed by atoms with Gasteiger partial charge in [0.1, 0.15) is 0 Å². The predicted molar refractivity (Wildman–Crippen MR) is 45.6 cm³/mol. The van der Waals surface area contributed by atoms with Gasteiger partial charge in [-0.3, -0.25) is 5.32 Å². The van der Waals surface area contributed by atoms with Gasteiger partial charge in [0.2, 0.25) is 0 Å². The van der Waals surface area contributed by atoms with Crippen LogP contribution in [-0.4, -0.2) is 12.7 Å². The van der Waals surface area contributed by atoms with E-state index in [2.05, 4.69) is 18.5 Å². The van der Waals surface area contributed by atoms with Gasteiger partial charge in [-0.2, -0.15) is 0 Å². The van der Waals surface area contributed by atoms with Crippen LogP contribution in [0.15, 0.2) is 24.8 Å². The van der Waals surface area contributed by atoms with E-state index in [1.54, 1.807) is 6.08 Å². The van der Waals surface area contributed by atoms with Crippen molar-refractivity contribution in [2.45, 2.75) is 19.5 Å². The highest BCUT2D eigenvalue weighted by atomic mass is 15.0. The second-order valence-corrected chi connectivity index (χ2v) is 2.46. The maximum Gasteiger partial charge on any atom is 0.0586 e. The Labute approximate surface area is 62.8 Å². The van der Waals surface area contributed by atoms with Gasteiger partial charge < -0.3 is 5.73 Å². The monoisotopic (exact) mass is 140 g/mol. The third-order valence-electron chi connectivity index (χ3n) is 1.09. The third kappa shape index (κ3) is 5.54. The van der Waals surface area contributed by atoms with Gasteiger partial charge >= 0.3 is 0 Å². The number of rotatable bonds is 5. The summed E-state index contributed by atoms with van der Waals surface area (Å²) in [5.41, 5.74) is 6.74. The Hall–Kier alpha value is -0.600. The van der Waals surface area contributed by atoms with Gasteiger partial charge in [-0.1, -0.05) is 11.6 Å². The molecule has 1 atom stereocenters. The summed E-state index contributed by atoms with van der Waals surface area (Å²) in [6, 6.07) is 0. The largest absolute Gasteiger partial charge is 0.316 e. The van der Waals surface area contributed by atoms with Crippen LogP contribution in [0.2, 0.25) is 0 Å². The average Bonchev–Trinajstić information content (AvgIpc) is 1.82. The molecule has 0 radical (unpaired) electrons. The van der Waals surface area contributed by atoms with Crippen molar-refractivity contribution in [3.8, 4) is 0 Å². The van der Waals surface area contributed by atoms with Crippen LogP contribution in [0.25, 0.3) is 0 Å². The Morgan fingerprint density at radius 1 is 1.80 bits per heavy atom. The van der Waals surface area contributed by atoms with Gasteiger partial charge in [-0.25, -0.2) is 0 Å². The third-order valence-corrected chi connectivity index (χ3v) is 1.09. The fraction of sp³-hybridized carbons (Fsp3) is 0.500. The van der Waals surface area contributed by atoms with E-state index in [1.165, 1.54) is 0 Å². The Kier molecular flexibility index (Phi) is 4.89. The molecule has 0 aliphatic carbocycles. The maximum atomic E-state index is 5.64. The van der Waals surface area contributed by atoms with Gasteiger partial charge in [-0.15, -0.1) is 13.2 Å². The molecule has 58 valence electrons. The highest BCUT2D eigenvalue weighted by Crippen LogP contribution is 1.95. The maximum absolute atomic E-state index is 5.64. The van der Waals surface area contributed by atoms with Crippen molar-refractivity contribution in [3.05, 3.63) is 24.8 Å². The Balaban J connectivity index is 3.33. The van der Waals surface area contributed by atoms with Crippen LogP contribution < -0.4 is 11.1 Å². The Bertz CT molecular complexity index is 118. The summed E-state index contributed by atoms with van der Waals surface area (Å²) in [4.78, 5) is 0. The molecule has 0 fully saturated rings. The molecular formula is C8H16N2. The quantitative estimate of drug-likeness (QED) is 0.442. The van der Waals surface area contributed by atoms with Crippen LogP contribution in [0, 0.1) is 0 Å². The lowest BCUT2D eigenvalue weighted by Gasteiger charge is -2.11. The first kappa shape index (κ1) is 9.40. The lowest BCUT2D eigenvalue weighted by atomic mass is 10.2. The molecule has 0 aromatic rings. The molecule has 0 saturated carbocycles. The lowest BCUT2D eigenvalue weighted by Crippen LogP contribution is -2.37. The zero-order valence-electron chi connectivity index (χ0n) is 6.56. The van der Waals surface area contributed by atoms with Gasteiger partial charge in [0, 0.05) is 6.54 Å². The van der Waals surface area contributed by atoms with Crippen LogP contribution >= 0.6 is 0 Å². The molecule has 0 heterocycles. The van der Waals surface area contributed by atoms with E-state index in [-0.39, 0.29) is 6.17 Å². The van der Waals surface area contributed by atoms with Crippen LogP contribution in [0.1, 0.15) is 13.3 Å². The number of nitrogens with two attached hydrogens (primary N) is 1. The van der Waals surface area contributed by atoms with Crippen LogP contribution in [0.5, 0.6) is 0 Å². The summed E-state index contributed by atoms with van der Waals surface area (Å²) < 4.78 is 0. The lowest BCUT2D eigenvalue weighted by molar-refractivity contribution is 0.555. The molecule has 0 aliphatic rings. The van der Waals surface area contributed by atoms with E-state index in [0.717, 1.165) is 18.5 Å². The topological polar surface area (TPSA) is 38.0 Å².